The van der Waals surface area contributed by atoms with Gasteiger partial charge < -0.3 is 9.84 Å². The van der Waals surface area contributed by atoms with Gasteiger partial charge in [0, 0.05) is 11.1 Å². The lowest BCUT2D eigenvalue weighted by molar-refractivity contribution is -0.138. The van der Waals surface area contributed by atoms with Crippen molar-refractivity contribution in [1.29, 1.82) is 0 Å². The topological polar surface area (TPSA) is 75.6 Å². The first kappa shape index (κ1) is 14.0. The predicted molar refractivity (Wildman–Crippen MR) is 67.7 cm³/mol. The van der Waals surface area contributed by atoms with Gasteiger partial charge >= 0.3 is 12.1 Å². The summed E-state index contributed by atoms with van der Waals surface area (Å²) < 4.78 is 4.50. The minimum atomic E-state index is -0.855. The lowest BCUT2D eigenvalue weighted by atomic mass is 9.81. The molecule has 0 unspecified atom stereocenters. The van der Waals surface area contributed by atoms with Crippen LogP contribution in [-0.4, -0.2) is 24.3 Å². The molecule has 5 nitrogen and oxygen atoms in total. The SMILES string of the molecule is COC(=O)Nc1cccc(C(C)(C)CC(=O)O)c1. The number of carbonyl (C=O) groups is 2. The molecule has 5 heteroatoms. The van der Waals surface area contributed by atoms with Gasteiger partial charge in [-0.15, -0.1) is 0 Å². The molecule has 0 bridgehead atoms. The lowest BCUT2D eigenvalue weighted by Crippen LogP contribution is -2.22. The summed E-state index contributed by atoms with van der Waals surface area (Å²) in [5, 5.41) is 11.4. The van der Waals surface area contributed by atoms with Crippen molar-refractivity contribution < 1.29 is 19.4 Å². The van der Waals surface area contributed by atoms with Crippen LogP contribution in [0.1, 0.15) is 25.8 Å². The molecule has 0 aliphatic rings. The smallest absolute Gasteiger partial charge is 0.411 e. The first-order valence-electron chi connectivity index (χ1n) is 5.52. The second-order valence-corrected chi connectivity index (χ2v) is 4.65. The molecule has 0 aliphatic heterocycles. The van der Waals surface area contributed by atoms with Crippen molar-refractivity contribution in [3.05, 3.63) is 29.8 Å². The van der Waals surface area contributed by atoms with Gasteiger partial charge in [0.1, 0.15) is 0 Å². The lowest BCUT2D eigenvalue weighted by Gasteiger charge is -2.23. The molecule has 0 atom stereocenters. The molecule has 1 amide bonds. The Balaban J connectivity index is 2.93. The van der Waals surface area contributed by atoms with Crippen LogP contribution in [0.2, 0.25) is 0 Å². The Hall–Kier alpha value is -2.04. The van der Waals surface area contributed by atoms with Crippen molar-refractivity contribution in [1.82, 2.24) is 0 Å². The number of carbonyl (C=O) groups excluding carboxylic acids is 1. The van der Waals surface area contributed by atoms with Gasteiger partial charge in [-0.2, -0.15) is 0 Å². The molecule has 2 N–H and O–H groups in total. The summed E-state index contributed by atoms with van der Waals surface area (Å²) in [7, 11) is 1.29. The standard InChI is InChI=1S/C13H17NO4/c1-13(2,8-11(15)16)9-5-4-6-10(7-9)14-12(17)18-3/h4-7H,8H2,1-3H3,(H,14,17)(H,15,16). The van der Waals surface area contributed by atoms with Crippen LogP contribution in [0.4, 0.5) is 10.5 Å². The van der Waals surface area contributed by atoms with Gasteiger partial charge in [-0.3, -0.25) is 10.1 Å². The summed E-state index contributed by atoms with van der Waals surface area (Å²) in [6, 6.07) is 7.08. The first-order chi connectivity index (χ1) is 8.35. The average Bonchev–Trinajstić information content (AvgIpc) is 2.27. The molecule has 0 spiro atoms. The fourth-order valence-electron chi connectivity index (χ4n) is 1.67. The van der Waals surface area contributed by atoms with Crippen LogP contribution in [0.15, 0.2) is 24.3 Å². The summed E-state index contributed by atoms with van der Waals surface area (Å²) in [5.74, 6) is -0.855. The van der Waals surface area contributed by atoms with Crippen molar-refractivity contribution in [2.45, 2.75) is 25.7 Å². The van der Waals surface area contributed by atoms with Gasteiger partial charge in [0.05, 0.1) is 13.5 Å². The minimum Gasteiger partial charge on any atom is -0.481 e. The van der Waals surface area contributed by atoms with Gasteiger partial charge in [0.25, 0.3) is 0 Å². The maximum Gasteiger partial charge on any atom is 0.411 e. The fraction of sp³-hybridized carbons (Fsp3) is 0.385. The number of ether oxygens (including phenoxy) is 1. The third-order valence-corrected chi connectivity index (χ3v) is 2.67. The summed E-state index contributed by atoms with van der Waals surface area (Å²) in [6.07, 6.45) is -0.530. The Labute approximate surface area is 106 Å². The van der Waals surface area contributed by atoms with Gasteiger partial charge in [-0.05, 0) is 17.7 Å². The Morgan fingerprint density at radius 2 is 2.06 bits per heavy atom. The second kappa shape index (κ2) is 5.53. The molecule has 0 aromatic heterocycles. The molecule has 0 aliphatic carbocycles. The number of rotatable bonds is 4. The van der Waals surface area contributed by atoms with Gasteiger partial charge in [-0.1, -0.05) is 26.0 Å². The van der Waals surface area contributed by atoms with Crippen LogP contribution in [0, 0.1) is 0 Å². The number of nitrogens with one attached hydrogen (secondary N) is 1. The zero-order chi connectivity index (χ0) is 13.8. The zero-order valence-corrected chi connectivity index (χ0v) is 10.7. The highest BCUT2D eigenvalue weighted by Crippen LogP contribution is 2.28. The van der Waals surface area contributed by atoms with E-state index in [1.54, 1.807) is 18.2 Å². The van der Waals surface area contributed by atoms with E-state index in [2.05, 4.69) is 10.1 Å². The van der Waals surface area contributed by atoms with E-state index in [-0.39, 0.29) is 6.42 Å². The quantitative estimate of drug-likeness (QED) is 0.862. The Morgan fingerprint density at radius 1 is 1.39 bits per heavy atom. The Kier molecular flexibility index (Phi) is 4.31. The van der Waals surface area contributed by atoms with E-state index in [4.69, 9.17) is 5.11 Å². The molecule has 0 saturated heterocycles. The predicted octanol–water partition coefficient (Wildman–Crippen LogP) is 2.62. The van der Waals surface area contributed by atoms with Crippen LogP contribution < -0.4 is 5.32 Å². The van der Waals surface area contributed by atoms with Gasteiger partial charge in [0.2, 0.25) is 0 Å². The summed E-state index contributed by atoms with van der Waals surface area (Å²) in [5.41, 5.74) is 0.927. The normalized spacial score (nSPS) is 10.8. The largest absolute Gasteiger partial charge is 0.481 e. The molecule has 0 heterocycles. The first-order valence-corrected chi connectivity index (χ1v) is 5.52. The Morgan fingerprint density at radius 3 is 2.61 bits per heavy atom. The fourth-order valence-corrected chi connectivity index (χ4v) is 1.67. The van der Waals surface area contributed by atoms with Crippen molar-refractivity contribution in [3.63, 3.8) is 0 Å². The summed E-state index contributed by atoms with van der Waals surface area (Å²) in [4.78, 5) is 21.9. The molecular formula is C13H17NO4. The van der Waals surface area contributed by atoms with Crippen LogP contribution in [0.5, 0.6) is 0 Å². The molecule has 1 rings (SSSR count). The number of carboxylic acids is 1. The van der Waals surface area contributed by atoms with Crippen molar-refractivity contribution in [2.24, 2.45) is 0 Å². The van der Waals surface area contributed by atoms with Crippen LogP contribution in [-0.2, 0) is 14.9 Å². The monoisotopic (exact) mass is 251 g/mol. The molecular weight excluding hydrogens is 234 g/mol. The van der Waals surface area contributed by atoms with E-state index in [0.717, 1.165) is 5.56 Å². The molecule has 1 aromatic rings. The van der Waals surface area contributed by atoms with Crippen molar-refractivity contribution in [2.75, 3.05) is 12.4 Å². The minimum absolute atomic E-state index is 0.0225. The second-order valence-electron chi connectivity index (χ2n) is 4.65. The van der Waals surface area contributed by atoms with E-state index in [1.807, 2.05) is 19.9 Å². The van der Waals surface area contributed by atoms with Crippen LogP contribution in [0.25, 0.3) is 0 Å². The molecule has 0 radical (unpaired) electrons. The number of amides is 1. The van der Waals surface area contributed by atoms with Crippen molar-refractivity contribution >= 4 is 17.7 Å². The van der Waals surface area contributed by atoms with Crippen LogP contribution >= 0.6 is 0 Å². The molecule has 0 saturated carbocycles. The zero-order valence-electron chi connectivity index (χ0n) is 10.7. The van der Waals surface area contributed by atoms with E-state index in [0.29, 0.717) is 5.69 Å². The highest BCUT2D eigenvalue weighted by atomic mass is 16.5. The maximum absolute atomic E-state index is 11.1. The summed E-state index contributed by atoms with van der Waals surface area (Å²) in [6.45, 7) is 3.69. The third kappa shape index (κ3) is 3.76. The third-order valence-electron chi connectivity index (χ3n) is 2.67. The van der Waals surface area contributed by atoms with E-state index < -0.39 is 17.5 Å². The number of methoxy groups -OCH3 is 1. The van der Waals surface area contributed by atoms with Crippen molar-refractivity contribution in [3.8, 4) is 0 Å². The van der Waals surface area contributed by atoms with Gasteiger partial charge in [-0.25, -0.2) is 4.79 Å². The number of hydrogen-bond acceptors (Lipinski definition) is 3. The highest BCUT2D eigenvalue weighted by Gasteiger charge is 2.24. The van der Waals surface area contributed by atoms with Crippen LogP contribution in [0.3, 0.4) is 0 Å². The van der Waals surface area contributed by atoms with E-state index in [1.165, 1.54) is 7.11 Å². The van der Waals surface area contributed by atoms with E-state index in [9.17, 15) is 9.59 Å². The molecule has 98 valence electrons. The maximum atomic E-state index is 11.1. The molecule has 0 fully saturated rings. The number of anilines is 1. The molecule has 1 aromatic carbocycles. The summed E-state index contributed by atoms with van der Waals surface area (Å²) >= 11 is 0. The number of benzene rings is 1. The number of aliphatic carboxylic acids is 1. The highest BCUT2D eigenvalue weighted by molar-refractivity contribution is 5.84. The Bertz CT molecular complexity index is 454. The molecule has 18 heavy (non-hydrogen) atoms. The number of carboxylic acid groups (broad SMARTS) is 1. The average molecular weight is 251 g/mol. The van der Waals surface area contributed by atoms with Gasteiger partial charge in [0.15, 0.2) is 0 Å². The number of hydrogen-bond donors (Lipinski definition) is 2. The van der Waals surface area contributed by atoms with E-state index >= 15 is 0 Å².